The summed E-state index contributed by atoms with van der Waals surface area (Å²) in [4.78, 5) is 16.2. The van der Waals surface area contributed by atoms with Gasteiger partial charge in [-0.1, -0.05) is 29.8 Å². The van der Waals surface area contributed by atoms with Crippen molar-refractivity contribution < 1.29 is 4.79 Å². The van der Waals surface area contributed by atoms with Crippen molar-refractivity contribution in [3.05, 3.63) is 53.7 Å². The third-order valence-electron chi connectivity index (χ3n) is 2.93. The van der Waals surface area contributed by atoms with Crippen LogP contribution in [0.4, 0.5) is 11.5 Å². The first-order valence-corrected chi connectivity index (χ1v) is 7.11. The van der Waals surface area contributed by atoms with Crippen LogP contribution in [0.3, 0.4) is 0 Å². The number of aromatic nitrogens is 1. The maximum atomic E-state index is 12.0. The van der Waals surface area contributed by atoms with E-state index in [2.05, 4.69) is 29.5 Å². The molecule has 4 heteroatoms. The Morgan fingerprint density at radius 2 is 2.05 bits per heavy atom. The monoisotopic (exact) mass is 283 g/mol. The van der Waals surface area contributed by atoms with Crippen LogP contribution in [-0.4, -0.2) is 16.9 Å². The second-order valence-electron chi connectivity index (χ2n) is 5.45. The molecule has 1 amide bonds. The SMILES string of the molecule is Cc1cccc(CC(=O)Nc2ccc(NC(C)C)cn2)c1. The van der Waals surface area contributed by atoms with Crippen LogP contribution in [-0.2, 0) is 11.2 Å². The largest absolute Gasteiger partial charge is 0.382 e. The van der Waals surface area contributed by atoms with E-state index in [9.17, 15) is 4.79 Å². The average Bonchev–Trinajstić information content (AvgIpc) is 2.40. The topological polar surface area (TPSA) is 54.0 Å². The number of amides is 1. The van der Waals surface area contributed by atoms with Crippen LogP contribution in [0, 0.1) is 6.92 Å². The number of nitrogens with one attached hydrogen (secondary N) is 2. The highest BCUT2D eigenvalue weighted by molar-refractivity contribution is 5.91. The van der Waals surface area contributed by atoms with E-state index in [1.165, 1.54) is 0 Å². The van der Waals surface area contributed by atoms with Crippen molar-refractivity contribution in [2.24, 2.45) is 0 Å². The number of nitrogens with zero attached hydrogens (tertiary/aromatic N) is 1. The van der Waals surface area contributed by atoms with Gasteiger partial charge in [0.25, 0.3) is 0 Å². The van der Waals surface area contributed by atoms with E-state index in [1.807, 2.05) is 37.3 Å². The lowest BCUT2D eigenvalue weighted by molar-refractivity contribution is -0.115. The smallest absolute Gasteiger partial charge is 0.229 e. The maximum Gasteiger partial charge on any atom is 0.229 e. The minimum absolute atomic E-state index is 0.0577. The third kappa shape index (κ3) is 4.91. The Kier molecular flexibility index (Phi) is 4.93. The molecule has 0 radical (unpaired) electrons. The minimum Gasteiger partial charge on any atom is -0.382 e. The summed E-state index contributed by atoms with van der Waals surface area (Å²) in [5, 5.41) is 6.07. The normalized spacial score (nSPS) is 10.5. The molecule has 2 aromatic rings. The molecule has 2 rings (SSSR count). The van der Waals surface area contributed by atoms with E-state index in [0.717, 1.165) is 16.8 Å². The molecule has 0 aliphatic carbocycles. The highest BCUT2D eigenvalue weighted by Gasteiger charge is 2.05. The van der Waals surface area contributed by atoms with E-state index in [1.54, 1.807) is 12.3 Å². The van der Waals surface area contributed by atoms with Crippen LogP contribution in [0.25, 0.3) is 0 Å². The van der Waals surface area contributed by atoms with Gasteiger partial charge < -0.3 is 10.6 Å². The molecule has 1 aromatic carbocycles. The highest BCUT2D eigenvalue weighted by Crippen LogP contribution is 2.11. The zero-order valence-electron chi connectivity index (χ0n) is 12.7. The quantitative estimate of drug-likeness (QED) is 0.884. The first-order valence-electron chi connectivity index (χ1n) is 7.11. The fourth-order valence-corrected chi connectivity index (χ4v) is 2.08. The molecule has 1 aromatic heterocycles. The van der Waals surface area contributed by atoms with Crippen molar-refractivity contribution in [2.75, 3.05) is 10.6 Å². The van der Waals surface area contributed by atoms with Gasteiger partial charge in [-0.2, -0.15) is 0 Å². The van der Waals surface area contributed by atoms with Gasteiger partial charge in [0, 0.05) is 6.04 Å². The van der Waals surface area contributed by atoms with Gasteiger partial charge in [-0.15, -0.1) is 0 Å². The number of hydrogen-bond donors (Lipinski definition) is 2. The maximum absolute atomic E-state index is 12.0. The summed E-state index contributed by atoms with van der Waals surface area (Å²) in [6.07, 6.45) is 2.08. The van der Waals surface area contributed by atoms with E-state index in [0.29, 0.717) is 18.3 Å². The van der Waals surface area contributed by atoms with E-state index in [-0.39, 0.29) is 5.91 Å². The predicted molar refractivity (Wildman–Crippen MR) is 86.5 cm³/mol. The Balaban J connectivity index is 1.93. The van der Waals surface area contributed by atoms with Gasteiger partial charge in [-0.3, -0.25) is 4.79 Å². The van der Waals surface area contributed by atoms with Gasteiger partial charge in [-0.25, -0.2) is 4.98 Å². The van der Waals surface area contributed by atoms with Crippen molar-refractivity contribution >= 4 is 17.4 Å². The van der Waals surface area contributed by atoms with Gasteiger partial charge >= 0.3 is 0 Å². The van der Waals surface area contributed by atoms with Crippen molar-refractivity contribution in [1.82, 2.24) is 4.98 Å². The molecule has 0 fully saturated rings. The number of carbonyl (C=O) groups excluding carboxylic acids is 1. The molecule has 0 saturated heterocycles. The van der Waals surface area contributed by atoms with Crippen LogP contribution in [0.2, 0.25) is 0 Å². The van der Waals surface area contributed by atoms with Gasteiger partial charge in [0.05, 0.1) is 18.3 Å². The number of pyridine rings is 1. The number of carbonyl (C=O) groups is 1. The summed E-state index contributed by atoms with van der Waals surface area (Å²) in [7, 11) is 0. The Morgan fingerprint density at radius 3 is 2.67 bits per heavy atom. The summed E-state index contributed by atoms with van der Waals surface area (Å²) < 4.78 is 0. The van der Waals surface area contributed by atoms with Crippen molar-refractivity contribution in [2.45, 2.75) is 33.2 Å². The zero-order valence-corrected chi connectivity index (χ0v) is 12.7. The Bertz CT molecular complexity index is 606. The lowest BCUT2D eigenvalue weighted by Gasteiger charge is -2.10. The lowest BCUT2D eigenvalue weighted by atomic mass is 10.1. The number of anilines is 2. The number of hydrogen-bond acceptors (Lipinski definition) is 3. The molecule has 0 bridgehead atoms. The van der Waals surface area contributed by atoms with Crippen LogP contribution in [0.5, 0.6) is 0 Å². The molecule has 2 N–H and O–H groups in total. The summed E-state index contributed by atoms with van der Waals surface area (Å²) in [5.41, 5.74) is 3.11. The molecule has 4 nitrogen and oxygen atoms in total. The molecule has 1 heterocycles. The first kappa shape index (κ1) is 15.0. The van der Waals surface area contributed by atoms with Gasteiger partial charge in [-0.05, 0) is 38.5 Å². The summed E-state index contributed by atoms with van der Waals surface area (Å²) in [5.74, 6) is 0.514. The van der Waals surface area contributed by atoms with Crippen molar-refractivity contribution in [1.29, 1.82) is 0 Å². The number of benzene rings is 1. The minimum atomic E-state index is -0.0577. The molecule has 0 aliphatic heterocycles. The first-order chi connectivity index (χ1) is 10.0. The molecule has 0 saturated carbocycles. The van der Waals surface area contributed by atoms with Crippen LogP contribution in [0.1, 0.15) is 25.0 Å². The fourth-order valence-electron chi connectivity index (χ4n) is 2.08. The Morgan fingerprint density at radius 1 is 1.24 bits per heavy atom. The van der Waals surface area contributed by atoms with Crippen molar-refractivity contribution in [3.8, 4) is 0 Å². The third-order valence-corrected chi connectivity index (χ3v) is 2.93. The van der Waals surface area contributed by atoms with Gasteiger partial charge in [0.2, 0.25) is 5.91 Å². The molecule has 110 valence electrons. The lowest BCUT2D eigenvalue weighted by Crippen LogP contribution is -2.15. The van der Waals surface area contributed by atoms with Crippen LogP contribution >= 0.6 is 0 Å². The Labute approximate surface area is 125 Å². The summed E-state index contributed by atoms with van der Waals surface area (Å²) in [6.45, 7) is 6.15. The van der Waals surface area contributed by atoms with Crippen LogP contribution in [0.15, 0.2) is 42.6 Å². The second kappa shape index (κ2) is 6.88. The number of rotatable bonds is 5. The zero-order chi connectivity index (χ0) is 15.2. The molecule has 0 atom stereocenters. The van der Waals surface area contributed by atoms with Crippen LogP contribution < -0.4 is 10.6 Å². The van der Waals surface area contributed by atoms with E-state index in [4.69, 9.17) is 0 Å². The summed E-state index contributed by atoms with van der Waals surface area (Å²) >= 11 is 0. The second-order valence-corrected chi connectivity index (χ2v) is 5.45. The molecule has 0 spiro atoms. The molecular weight excluding hydrogens is 262 g/mol. The summed E-state index contributed by atoms with van der Waals surface area (Å²) in [6, 6.07) is 12.0. The van der Waals surface area contributed by atoms with Crippen molar-refractivity contribution in [3.63, 3.8) is 0 Å². The molecule has 0 aliphatic rings. The standard InChI is InChI=1S/C17H21N3O/c1-12(2)19-15-7-8-16(18-11-15)20-17(21)10-14-6-4-5-13(3)9-14/h4-9,11-12,19H,10H2,1-3H3,(H,18,20,21). The molecular formula is C17H21N3O. The highest BCUT2D eigenvalue weighted by atomic mass is 16.1. The Hall–Kier alpha value is -2.36. The fraction of sp³-hybridized carbons (Fsp3) is 0.294. The number of aryl methyl sites for hydroxylation is 1. The van der Waals surface area contributed by atoms with E-state index >= 15 is 0 Å². The van der Waals surface area contributed by atoms with Gasteiger partial charge in [0.1, 0.15) is 5.82 Å². The van der Waals surface area contributed by atoms with Gasteiger partial charge in [0.15, 0.2) is 0 Å². The molecule has 0 unspecified atom stereocenters. The average molecular weight is 283 g/mol. The van der Waals surface area contributed by atoms with E-state index < -0.39 is 0 Å². The molecule has 21 heavy (non-hydrogen) atoms. The predicted octanol–water partition coefficient (Wildman–Crippen LogP) is 3.39.